The summed E-state index contributed by atoms with van der Waals surface area (Å²) >= 11 is 6.15. The largest absolute Gasteiger partial charge is 0.457 e. The average molecular weight is 381 g/mol. The van der Waals surface area contributed by atoms with Crippen molar-refractivity contribution in [3.8, 4) is 17.4 Å². The second-order valence-electron chi connectivity index (χ2n) is 5.77. The van der Waals surface area contributed by atoms with Gasteiger partial charge in [-0.15, -0.1) is 0 Å². The fraction of sp³-hybridized carbons (Fsp3) is 0.0476. The Hall–Kier alpha value is -3.36. The number of carbonyl (C=O) groups is 1. The van der Waals surface area contributed by atoms with Crippen molar-refractivity contribution in [1.82, 2.24) is 0 Å². The summed E-state index contributed by atoms with van der Waals surface area (Å²) < 4.78 is 19.0. The van der Waals surface area contributed by atoms with Crippen LogP contribution in [0.3, 0.4) is 0 Å². The first-order valence-electron chi connectivity index (χ1n) is 8.02. The summed E-state index contributed by atoms with van der Waals surface area (Å²) in [6, 6.07) is 16.6. The van der Waals surface area contributed by atoms with Crippen molar-refractivity contribution in [2.45, 2.75) is 6.92 Å². The van der Waals surface area contributed by atoms with Crippen LogP contribution in [0.4, 0.5) is 10.1 Å². The van der Waals surface area contributed by atoms with E-state index in [-0.39, 0.29) is 11.4 Å². The molecule has 0 radical (unpaired) electrons. The fourth-order valence-electron chi connectivity index (χ4n) is 2.45. The molecule has 3 aromatic rings. The molecule has 1 heterocycles. The monoisotopic (exact) mass is 380 g/mol. The summed E-state index contributed by atoms with van der Waals surface area (Å²) in [5.74, 6) is -0.114. The smallest absolute Gasteiger partial charge is 0.266 e. The van der Waals surface area contributed by atoms with Crippen molar-refractivity contribution < 1.29 is 13.6 Å². The van der Waals surface area contributed by atoms with Crippen LogP contribution in [0.1, 0.15) is 11.3 Å². The molecule has 0 fully saturated rings. The third-order valence-electron chi connectivity index (χ3n) is 3.83. The number of carbonyl (C=O) groups excluding carboxylic acids is 1. The van der Waals surface area contributed by atoms with E-state index in [4.69, 9.17) is 16.0 Å². The van der Waals surface area contributed by atoms with Gasteiger partial charge in [-0.1, -0.05) is 23.7 Å². The van der Waals surface area contributed by atoms with Crippen LogP contribution in [-0.4, -0.2) is 5.91 Å². The lowest BCUT2D eigenvalue weighted by molar-refractivity contribution is -0.112. The molecule has 1 amide bonds. The first-order valence-corrected chi connectivity index (χ1v) is 8.40. The highest BCUT2D eigenvalue weighted by molar-refractivity contribution is 6.33. The highest BCUT2D eigenvalue weighted by Gasteiger charge is 2.13. The second-order valence-corrected chi connectivity index (χ2v) is 6.18. The molecule has 0 saturated heterocycles. The van der Waals surface area contributed by atoms with E-state index < -0.39 is 5.91 Å². The van der Waals surface area contributed by atoms with Crippen molar-refractivity contribution in [1.29, 1.82) is 5.26 Å². The molecule has 0 aliphatic rings. The van der Waals surface area contributed by atoms with Gasteiger partial charge in [0.25, 0.3) is 5.91 Å². The number of halogens is 2. The van der Waals surface area contributed by atoms with Crippen LogP contribution in [0.5, 0.6) is 0 Å². The van der Waals surface area contributed by atoms with Gasteiger partial charge in [-0.2, -0.15) is 5.26 Å². The molecular weight excluding hydrogens is 367 g/mol. The zero-order chi connectivity index (χ0) is 19.4. The number of rotatable bonds is 4. The van der Waals surface area contributed by atoms with E-state index in [1.54, 1.807) is 25.1 Å². The van der Waals surface area contributed by atoms with Crippen LogP contribution in [-0.2, 0) is 4.79 Å². The Bertz CT molecular complexity index is 1080. The molecule has 0 atom stereocenters. The SMILES string of the molecule is Cc1cc(NC(=O)/C(C#N)=C/c2ccc(-c3ccccc3Cl)o2)ccc1F. The van der Waals surface area contributed by atoms with Gasteiger partial charge in [-0.05, 0) is 55.0 Å². The van der Waals surface area contributed by atoms with Gasteiger partial charge in [0.15, 0.2) is 0 Å². The Kier molecular flexibility index (Phi) is 5.39. The number of furan rings is 1. The van der Waals surface area contributed by atoms with Crippen molar-refractivity contribution in [3.63, 3.8) is 0 Å². The molecular formula is C21H14ClFN2O2. The number of hydrogen-bond acceptors (Lipinski definition) is 3. The number of hydrogen-bond donors (Lipinski definition) is 1. The lowest BCUT2D eigenvalue weighted by Crippen LogP contribution is -2.13. The molecule has 2 aromatic carbocycles. The Labute approximate surface area is 160 Å². The molecule has 3 rings (SSSR count). The second kappa shape index (κ2) is 7.90. The summed E-state index contributed by atoms with van der Waals surface area (Å²) in [5.41, 5.74) is 1.36. The maximum Gasteiger partial charge on any atom is 0.266 e. The van der Waals surface area contributed by atoms with Gasteiger partial charge in [0, 0.05) is 17.3 Å². The quantitative estimate of drug-likeness (QED) is 0.473. The molecule has 134 valence electrons. The van der Waals surface area contributed by atoms with Crippen LogP contribution in [0.25, 0.3) is 17.4 Å². The van der Waals surface area contributed by atoms with Crippen molar-refractivity contribution >= 4 is 29.3 Å². The van der Waals surface area contributed by atoms with Gasteiger partial charge in [0.05, 0.1) is 5.02 Å². The molecule has 0 saturated carbocycles. The van der Waals surface area contributed by atoms with Crippen molar-refractivity contribution in [3.05, 3.63) is 82.3 Å². The lowest BCUT2D eigenvalue weighted by Gasteiger charge is -2.05. The number of benzene rings is 2. The Morgan fingerprint density at radius 3 is 2.70 bits per heavy atom. The fourth-order valence-corrected chi connectivity index (χ4v) is 2.68. The standard InChI is InChI=1S/C21H14ClFN2O2/c1-13-10-15(6-8-19(13)23)25-21(26)14(12-24)11-16-7-9-20(27-16)17-4-2-3-5-18(17)22/h2-11H,1H3,(H,25,26)/b14-11+. The molecule has 6 heteroatoms. The van der Waals surface area contributed by atoms with E-state index in [1.807, 2.05) is 24.3 Å². The van der Waals surface area contributed by atoms with Crippen LogP contribution < -0.4 is 5.32 Å². The molecule has 0 unspecified atom stereocenters. The van der Waals surface area contributed by atoms with Gasteiger partial charge in [0.1, 0.15) is 29.0 Å². The number of nitrogens with one attached hydrogen (secondary N) is 1. The molecule has 0 spiro atoms. The van der Waals surface area contributed by atoms with Gasteiger partial charge < -0.3 is 9.73 Å². The summed E-state index contributed by atoms with van der Waals surface area (Å²) in [7, 11) is 0. The summed E-state index contributed by atoms with van der Waals surface area (Å²) in [5, 5.41) is 12.4. The topological polar surface area (TPSA) is 66.0 Å². The number of aryl methyl sites for hydroxylation is 1. The highest BCUT2D eigenvalue weighted by atomic mass is 35.5. The summed E-state index contributed by atoms with van der Waals surface area (Å²) in [4.78, 5) is 12.3. The lowest BCUT2D eigenvalue weighted by atomic mass is 10.2. The molecule has 27 heavy (non-hydrogen) atoms. The van der Waals surface area contributed by atoms with E-state index in [0.717, 1.165) is 0 Å². The van der Waals surface area contributed by atoms with Gasteiger partial charge in [0.2, 0.25) is 0 Å². The maximum atomic E-state index is 13.3. The summed E-state index contributed by atoms with van der Waals surface area (Å²) in [6.07, 6.45) is 1.34. The minimum absolute atomic E-state index is 0.142. The van der Waals surface area contributed by atoms with Crippen LogP contribution in [0, 0.1) is 24.1 Å². The first-order chi connectivity index (χ1) is 13.0. The highest BCUT2D eigenvalue weighted by Crippen LogP contribution is 2.29. The zero-order valence-corrected chi connectivity index (χ0v) is 15.0. The third-order valence-corrected chi connectivity index (χ3v) is 4.16. The van der Waals surface area contributed by atoms with E-state index in [1.165, 1.54) is 24.3 Å². The maximum absolute atomic E-state index is 13.3. The normalized spacial score (nSPS) is 11.1. The molecule has 1 N–H and O–H groups in total. The molecule has 1 aromatic heterocycles. The van der Waals surface area contributed by atoms with Gasteiger partial charge in [-0.25, -0.2) is 4.39 Å². The third kappa shape index (κ3) is 4.25. The van der Waals surface area contributed by atoms with Crippen molar-refractivity contribution in [2.75, 3.05) is 5.32 Å². The summed E-state index contributed by atoms with van der Waals surface area (Å²) in [6.45, 7) is 1.59. The van der Waals surface area contributed by atoms with E-state index in [2.05, 4.69) is 5.32 Å². The van der Waals surface area contributed by atoms with Crippen LogP contribution in [0.2, 0.25) is 5.02 Å². The number of amides is 1. The average Bonchev–Trinajstić information content (AvgIpc) is 3.11. The minimum Gasteiger partial charge on any atom is -0.457 e. The Morgan fingerprint density at radius 1 is 1.22 bits per heavy atom. The molecule has 0 aliphatic heterocycles. The Balaban J connectivity index is 1.82. The minimum atomic E-state index is -0.612. The number of anilines is 1. The first kappa shape index (κ1) is 18.4. The van der Waals surface area contributed by atoms with Crippen molar-refractivity contribution in [2.24, 2.45) is 0 Å². The Morgan fingerprint density at radius 2 is 2.00 bits per heavy atom. The van der Waals surface area contributed by atoms with E-state index in [9.17, 15) is 14.4 Å². The van der Waals surface area contributed by atoms with Gasteiger partial charge >= 0.3 is 0 Å². The predicted molar refractivity (Wildman–Crippen MR) is 103 cm³/mol. The number of nitriles is 1. The molecule has 0 aliphatic carbocycles. The predicted octanol–water partition coefficient (Wildman–Crippen LogP) is 5.59. The zero-order valence-electron chi connectivity index (χ0n) is 14.3. The van der Waals surface area contributed by atoms with Crippen LogP contribution >= 0.6 is 11.6 Å². The molecule has 4 nitrogen and oxygen atoms in total. The van der Waals surface area contributed by atoms with Gasteiger partial charge in [-0.3, -0.25) is 4.79 Å². The van der Waals surface area contributed by atoms with Crippen LogP contribution in [0.15, 0.2) is 64.6 Å². The van der Waals surface area contributed by atoms with E-state index in [0.29, 0.717) is 33.4 Å². The molecule has 0 bridgehead atoms. The van der Waals surface area contributed by atoms with E-state index >= 15 is 0 Å². The number of nitrogens with zero attached hydrogens (tertiary/aromatic N) is 1.